The lowest BCUT2D eigenvalue weighted by atomic mass is 9.86. The number of halogens is 1. The number of piperazine rings is 1. The second kappa shape index (κ2) is 7.85. The first kappa shape index (κ1) is 18.4. The average Bonchev–Trinajstić information content (AvgIpc) is 3.03. The summed E-state index contributed by atoms with van der Waals surface area (Å²) in [4.78, 5) is 14.3. The van der Waals surface area contributed by atoms with Crippen molar-refractivity contribution in [2.75, 3.05) is 26.2 Å². The van der Waals surface area contributed by atoms with Crippen molar-refractivity contribution in [3.8, 4) is 0 Å². The molecular weight excluding hydrogens is 412 g/mol. The zero-order chi connectivity index (χ0) is 17.2. The number of rotatable bonds is 4. The van der Waals surface area contributed by atoms with E-state index in [2.05, 4.69) is 15.9 Å². The van der Waals surface area contributed by atoms with Crippen molar-refractivity contribution in [1.29, 1.82) is 0 Å². The molecule has 0 bridgehead atoms. The average molecular weight is 435 g/mol. The molecule has 0 aromatic carbocycles. The van der Waals surface area contributed by atoms with Crippen LogP contribution in [0, 0.1) is 5.92 Å². The van der Waals surface area contributed by atoms with Crippen LogP contribution in [0.3, 0.4) is 0 Å². The Morgan fingerprint density at radius 1 is 1.12 bits per heavy atom. The van der Waals surface area contributed by atoms with E-state index in [1.807, 2.05) is 4.90 Å². The standard InChI is InChI=1S/C16H23BrN2O3S2/c17-14-6-7-16(23-14)24(21,22)19-10-8-18(9-11-19)15(20)12-13-4-2-1-3-5-13/h6-7,13H,1-5,8-12H2. The summed E-state index contributed by atoms with van der Waals surface area (Å²) in [6, 6.07) is 3.38. The van der Waals surface area contributed by atoms with E-state index in [4.69, 9.17) is 0 Å². The summed E-state index contributed by atoms with van der Waals surface area (Å²) in [6.45, 7) is 1.76. The Morgan fingerprint density at radius 3 is 2.38 bits per heavy atom. The van der Waals surface area contributed by atoms with Gasteiger partial charge in [-0.1, -0.05) is 19.3 Å². The third kappa shape index (κ3) is 4.20. The summed E-state index contributed by atoms with van der Waals surface area (Å²) in [5, 5.41) is 0. The van der Waals surface area contributed by atoms with E-state index in [1.54, 1.807) is 12.1 Å². The molecule has 134 valence electrons. The second-order valence-electron chi connectivity index (χ2n) is 6.55. The molecule has 1 aromatic heterocycles. The van der Waals surface area contributed by atoms with Gasteiger partial charge in [-0.05, 0) is 46.8 Å². The molecule has 1 aromatic rings. The zero-order valence-electron chi connectivity index (χ0n) is 13.6. The molecule has 1 aliphatic carbocycles. The smallest absolute Gasteiger partial charge is 0.252 e. The van der Waals surface area contributed by atoms with Gasteiger partial charge in [-0.2, -0.15) is 4.31 Å². The van der Waals surface area contributed by atoms with Crippen molar-refractivity contribution < 1.29 is 13.2 Å². The topological polar surface area (TPSA) is 57.7 Å². The number of carbonyl (C=O) groups is 1. The van der Waals surface area contributed by atoms with Crippen LogP contribution in [-0.2, 0) is 14.8 Å². The van der Waals surface area contributed by atoms with Crippen LogP contribution in [0.4, 0.5) is 0 Å². The molecule has 8 heteroatoms. The van der Waals surface area contributed by atoms with Gasteiger partial charge in [0.15, 0.2) is 0 Å². The number of carbonyl (C=O) groups excluding carboxylic acids is 1. The Labute approximate surface area is 156 Å². The molecule has 0 atom stereocenters. The molecule has 3 rings (SSSR count). The lowest BCUT2D eigenvalue weighted by molar-refractivity contribution is -0.133. The SMILES string of the molecule is O=C(CC1CCCCC1)N1CCN(S(=O)(=O)c2ccc(Br)s2)CC1. The molecule has 0 spiro atoms. The molecule has 1 saturated carbocycles. The van der Waals surface area contributed by atoms with E-state index >= 15 is 0 Å². The highest BCUT2D eigenvalue weighted by molar-refractivity contribution is 9.11. The second-order valence-corrected chi connectivity index (χ2v) is 11.2. The summed E-state index contributed by atoms with van der Waals surface area (Å²) < 4.78 is 27.9. The predicted octanol–water partition coefficient (Wildman–Crippen LogP) is 3.31. The first-order chi connectivity index (χ1) is 11.5. The van der Waals surface area contributed by atoms with E-state index in [0.717, 1.165) is 16.6 Å². The Kier molecular flexibility index (Phi) is 6.00. The number of nitrogens with zero attached hydrogens (tertiary/aromatic N) is 2. The van der Waals surface area contributed by atoms with Crippen molar-refractivity contribution in [3.05, 3.63) is 15.9 Å². The Bertz CT molecular complexity index is 675. The molecule has 0 N–H and O–H groups in total. The Morgan fingerprint density at radius 2 is 1.79 bits per heavy atom. The molecule has 1 saturated heterocycles. The summed E-state index contributed by atoms with van der Waals surface area (Å²) in [6.07, 6.45) is 6.71. The highest BCUT2D eigenvalue weighted by Crippen LogP contribution is 2.30. The van der Waals surface area contributed by atoms with Crippen molar-refractivity contribution >= 4 is 43.2 Å². The molecule has 1 amide bonds. The lowest BCUT2D eigenvalue weighted by Crippen LogP contribution is -2.50. The summed E-state index contributed by atoms with van der Waals surface area (Å²) in [5.41, 5.74) is 0. The third-order valence-electron chi connectivity index (χ3n) is 4.92. The molecule has 24 heavy (non-hydrogen) atoms. The monoisotopic (exact) mass is 434 g/mol. The molecular formula is C16H23BrN2O3S2. The first-order valence-electron chi connectivity index (χ1n) is 8.50. The van der Waals surface area contributed by atoms with Crippen molar-refractivity contribution in [2.45, 2.75) is 42.7 Å². The predicted molar refractivity (Wildman–Crippen MR) is 98.5 cm³/mol. The molecule has 5 nitrogen and oxygen atoms in total. The van der Waals surface area contributed by atoms with Gasteiger partial charge in [0.25, 0.3) is 10.0 Å². The first-order valence-corrected chi connectivity index (χ1v) is 11.5. The van der Waals surface area contributed by atoms with Crippen LogP contribution >= 0.6 is 27.3 Å². The quantitative estimate of drug-likeness (QED) is 0.729. The fourth-order valence-corrected chi connectivity index (χ4v) is 7.10. The number of hydrogen-bond donors (Lipinski definition) is 0. The van der Waals surface area contributed by atoms with Crippen molar-refractivity contribution in [1.82, 2.24) is 9.21 Å². The van der Waals surface area contributed by atoms with Crippen molar-refractivity contribution in [2.24, 2.45) is 5.92 Å². The van der Waals surface area contributed by atoms with Gasteiger partial charge < -0.3 is 4.90 Å². The summed E-state index contributed by atoms with van der Waals surface area (Å²) >= 11 is 4.53. The van der Waals surface area contributed by atoms with Crippen LogP contribution in [-0.4, -0.2) is 49.7 Å². The van der Waals surface area contributed by atoms with E-state index in [-0.39, 0.29) is 5.91 Å². The van der Waals surface area contributed by atoms with Crippen molar-refractivity contribution in [3.63, 3.8) is 0 Å². The fraction of sp³-hybridized carbons (Fsp3) is 0.688. The fourth-order valence-electron chi connectivity index (χ4n) is 3.51. The molecule has 0 unspecified atom stereocenters. The number of thiophene rings is 1. The minimum Gasteiger partial charge on any atom is -0.340 e. The molecule has 2 fully saturated rings. The third-order valence-corrected chi connectivity index (χ3v) is 8.91. The number of amides is 1. The van der Waals surface area contributed by atoms with Gasteiger partial charge >= 0.3 is 0 Å². The Balaban J connectivity index is 1.54. The largest absolute Gasteiger partial charge is 0.340 e. The van der Waals surface area contributed by atoms with Gasteiger partial charge in [-0.3, -0.25) is 4.79 Å². The van der Waals surface area contributed by atoms with Crippen LogP contribution in [0.5, 0.6) is 0 Å². The van der Waals surface area contributed by atoms with Gasteiger partial charge in [-0.25, -0.2) is 8.42 Å². The van der Waals surface area contributed by atoms with Gasteiger partial charge in [0.2, 0.25) is 5.91 Å². The minimum atomic E-state index is -3.43. The normalized spacial score (nSPS) is 21.1. The molecule has 2 aliphatic rings. The van der Waals surface area contributed by atoms with E-state index in [9.17, 15) is 13.2 Å². The van der Waals surface area contributed by atoms with E-state index < -0.39 is 10.0 Å². The summed E-state index contributed by atoms with van der Waals surface area (Å²) in [5.74, 6) is 0.717. The maximum absolute atomic E-state index is 12.6. The van der Waals surface area contributed by atoms with E-state index in [0.29, 0.717) is 42.7 Å². The summed E-state index contributed by atoms with van der Waals surface area (Å²) in [7, 11) is -3.43. The van der Waals surface area contributed by atoms with Crippen LogP contribution in [0.1, 0.15) is 38.5 Å². The maximum atomic E-state index is 12.6. The van der Waals surface area contributed by atoms with Crippen LogP contribution in [0.2, 0.25) is 0 Å². The van der Waals surface area contributed by atoms with Gasteiger partial charge in [0.1, 0.15) is 4.21 Å². The highest BCUT2D eigenvalue weighted by Gasteiger charge is 2.31. The number of hydrogen-bond acceptors (Lipinski definition) is 4. The highest BCUT2D eigenvalue weighted by atomic mass is 79.9. The molecule has 0 radical (unpaired) electrons. The van der Waals surface area contributed by atoms with E-state index in [1.165, 1.54) is 34.9 Å². The number of sulfonamides is 1. The Hall–Kier alpha value is -0.440. The van der Waals surface area contributed by atoms with Crippen LogP contribution in [0.15, 0.2) is 20.1 Å². The van der Waals surface area contributed by atoms with Gasteiger partial charge in [-0.15, -0.1) is 11.3 Å². The molecule has 2 heterocycles. The zero-order valence-corrected chi connectivity index (χ0v) is 16.8. The molecule has 1 aliphatic heterocycles. The van der Waals surface area contributed by atoms with Gasteiger partial charge in [0, 0.05) is 32.6 Å². The minimum absolute atomic E-state index is 0.192. The van der Waals surface area contributed by atoms with Crippen LogP contribution < -0.4 is 0 Å². The van der Waals surface area contributed by atoms with Gasteiger partial charge in [0.05, 0.1) is 3.79 Å². The lowest BCUT2D eigenvalue weighted by Gasteiger charge is -2.34. The maximum Gasteiger partial charge on any atom is 0.252 e. The van der Waals surface area contributed by atoms with Crippen LogP contribution in [0.25, 0.3) is 0 Å².